The molecule has 0 bridgehead atoms. The van der Waals surface area contributed by atoms with Gasteiger partial charge in [0.15, 0.2) is 0 Å². The van der Waals surface area contributed by atoms with Crippen LogP contribution >= 0.6 is 0 Å². The minimum atomic E-state index is -0.513. The van der Waals surface area contributed by atoms with Crippen LogP contribution in [0.15, 0.2) is 17.3 Å². The Hall–Kier alpha value is -1.69. The zero-order chi connectivity index (χ0) is 12.9. The molecule has 0 radical (unpaired) electrons. The van der Waals surface area contributed by atoms with E-state index in [4.69, 9.17) is 0 Å². The number of allylic oxidation sites excluding steroid dienone is 1. The number of amides is 3. The van der Waals surface area contributed by atoms with Crippen molar-refractivity contribution in [3.8, 4) is 0 Å². The van der Waals surface area contributed by atoms with Gasteiger partial charge in [0.25, 0.3) is 0 Å². The van der Waals surface area contributed by atoms with Crippen molar-refractivity contribution in [3.05, 3.63) is 12.3 Å². The van der Waals surface area contributed by atoms with Crippen LogP contribution in [0.4, 0.5) is 4.79 Å². The number of nitrogens with one attached hydrogen (secondary N) is 1. The Morgan fingerprint density at radius 2 is 1.75 bits per heavy atom. The molecule has 0 saturated heterocycles. The molecule has 0 heterocycles. The fourth-order valence-electron chi connectivity index (χ4n) is 0.941. The van der Waals surface area contributed by atoms with Crippen LogP contribution in [0.2, 0.25) is 0 Å². The monoisotopic (exact) mass is 226 g/mol. The van der Waals surface area contributed by atoms with Gasteiger partial charge in [-0.3, -0.25) is 4.79 Å². The maximum atomic E-state index is 11.6. The van der Waals surface area contributed by atoms with Gasteiger partial charge in [-0.15, -0.1) is 0 Å². The number of rotatable bonds is 2. The largest absolute Gasteiger partial charge is 0.363 e. The summed E-state index contributed by atoms with van der Waals surface area (Å²) in [7, 11) is 3.14. The second kappa shape index (κ2) is 6.02. The van der Waals surface area contributed by atoms with Gasteiger partial charge < -0.3 is 4.90 Å². The lowest BCUT2D eigenvalue weighted by atomic mass is 10.5. The van der Waals surface area contributed by atoms with E-state index in [0.29, 0.717) is 11.5 Å². The predicted octanol–water partition coefficient (Wildman–Crippen LogP) is 0.973. The Kier molecular flexibility index (Phi) is 5.38. The molecule has 0 aromatic rings. The van der Waals surface area contributed by atoms with E-state index in [1.165, 1.54) is 16.8 Å². The number of amidine groups is 1. The Morgan fingerprint density at radius 3 is 2.06 bits per heavy atom. The molecule has 0 aliphatic rings. The molecule has 0 aromatic carbocycles. The first-order valence-corrected chi connectivity index (χ1v) is 4.77. The molecule has 0 unspecified atom stereocenters. The number of hydrogen-bond acceptors (Lipinski definition) is 3. The average Bonchev–Trinajstić information content (AvgIpc) is 2.16. The van der Waals surface area contributed by atoms with E-state index < -0.39 is 6.03 Å². The van der Waals surface area contributed by atoms with Crippen molar-refractivity contribution in [1.29, 1.82) is 0 Å². The fourth-order valence-corrected chi connectivity index (χ4v) is 0.941. The molecule has 0 rings (SSSR count). The van der Waals surface area contributed by atoms with Gasteiger partial charge in [0.2, 0.25) is 5.91 Å². The molecule has 1 N–H and O–H groups in total. The summed E-state index contributed by atoms with van der Waals surface area (Å²) in [5, 5.41) is 1.19. The lowest BCUT2D eigenvalue weighted by molar-refractivity contribution is -0.124. The van der Waals surface area contributed by atoms with Gasteiger partial charge in [0.1, 0.15) is 5.84 Å². The van der Waals surface area contributed by atoms with Crippen LogP contribution in [-0.4, -0.2) is 41.8 Å². The number of urea groups is 1. The van der Waals surface area contributed by atoms with Gasteiger partial charge in [-0.1, -0.05) is 6.58 Å². The molecule has 0 atom stereocenters. The van der Waals surface area contributed by atoms with Crippen LogP contribution < -0.4 is 5.43 Å². The van der Waals surface area contributed by atoms with Gasteiger partial charge in [-0.2, -0.15) is 4.99 Å². The maximum absolute atomic E-state index is 11.6. The number of nitrogens with zero attached hydrogens (tertiary/aromatic N) is 3. The van der Waals surface area contributed by atoms with Crippen molar-refractivity contribution >= 4 is 17.8 Å². The molecule has 3 amide bonds. The normalized spacial score (nSPS) is 10.9. The summed E-state index contributed by atoms with van der Waals surface area (Å²) < 4.78 is 0. The van der Waals surface area contributed by atoms with E-state index in [0.717, 1.165) is 0 Å². The second-order valence-corrected chi connectivity index (χ2v) is 3.31. The SMILES string of the molecule is C=C(C)N(NC)C(=O)N=C(C)N(C)C(C)=O. The topological polar surface area (TPSA) is 65.0 Å². The van der Waals surface area contributed by atoms with Crippen LogP contribution in [0.5, 0.6) is 0 Å². The number of hydrogen-bond donors (Lipinski definition) is 1. The molecule has 0 saturated carbocycles. The number of aliphatic imine (C=N–C) groups is 1. The second-order valence-electron chi connectivity index (χ2n) is 3.31. The Bertz CT molecular complexity index is 336. The highest BCUT2D eigenvalue weighted by molar-refractivity contribution is 6.00. The van der Waals surface area contributed by atoms with Crippen molar-refractivity contribution in [2.24, 2.45) is 4.99 Å². The van der Waals surface area contributed by atoms with Crippen LogP contribution in [0.25, 0.3) is 0 Å². The standard InChI is InChI=1S/C10H18N4O2/c1-7(2)14(11-5)10(16)12-8(3)13(6)9(4)15/h11H,1H2,2-6H3. The van der Waals surface area contributed by atoms with Crippen molar-refractivity contribution < 1.29 is 9.59 Å². The summed E-state index contributed by atoms with van der Waals surface area (Å²) in [5.74, 6) is 0.152. The molecule has 0 spiro atoms. The summed E-state index contributed by atoms with van der Waals surface area (Å²) in [4.78, 5) is 27.7. The molecule has 0 aliphatic carbocycles. The van der Waals surface area contributed by atoms with E-state index in [1.54, 1.807) is 27.9 Å². The van der Waals surface area contributed by atoms with E-state index in [2.05, 4.69) is 17.0 Å². The molecule has 16 heavy (non-hydrogen) atoms. The number of hydrazine groups is 1. The van der Waals surface area contributed by atoms with Crippen molar-refractivity contribution in [3.63, 3.8) is 0 Å². The number of carbonyl (C=O) groups is 2. The minimum Gasteiger partial charge on any atom is -0.304 e. The summed E-state index contributed by atoms with van der Waals surface area (Å²) in [6.45, 7) is 8.29. The van der Waals surface area contributed by atoms with Crippen LogP contribution in [0.1, 0.15) is 20.8 Å². The maximum Gasteiger partial charge on any atom is 0.363 e. The van der Waals surface area contributed by atoms with E-state index in [1.807, 2.05) is 0 Å². The van der Waals surface area contributed by atoms with E-state index >= 15 is 0 Å². The van der Waals surface area contributed by atoms with Gasteiger partial charge in [0.05, 0.1) is 0 Å². The highest BCUT2D eigenvalue weighted by Crippen LogP contribution is 2.00. The van der Waals surface area contributed by atoms with Gasteiger partial charge in [-0.25, -0.2) is 15.2 Å². The van der Waals surface area contributed by atoms with Crippen molar-refractivity contribution in [2.75, 3.05) is 14.1 Å². The lowest BCUT2D eigenvalue weighted by Crippen LogP contribution is -2.38. The molecule has 90 valence electrons. The summed E-state index contributed by atoms with van der Waals surface area (Å²) >= 11 is 0. The minimum absolute atomic E-state index is 0.180. The molecule has 0 aliphatic heterocycles. The van der Waals surface area contributed by atoms with Gasteiger partial charge in [0, 0.05) is 26.7 Å². The quantitative estimate of drug-likeness (QED) is 0.433. The molecule has 6 heteroatoms. The summed E-state index contributed by atoms with van der Waals surface area (Å²) in [6.07, 6.45) is 0. The van der Waals surface area contributed by atoms with Crippen LogP contribution in [0, 0.1) is 0 Å². The van der Waals surface area contributed by atoms with Crippen LogP contribution in [-0.2, 0) is 4.79 Å². The van der Waals surface area contributed by atoms with Crippen molar-refractivity contribution in [1.82, 2.24) is 15.3 Å². The highest BCUT2D eigenvalue weighted by atomic mass is 16.2. The van der Waals surface area contributed by atoms with E-state index in [9.17, 15) is 9.59 Å². The molecular weight excluding hydrogens is 208 g/mol. The molecule has 6 nitrogen and oxygen atoms in total. The Morgan fingerprint density at radius 1 is 1.25 bits per heavy atom. The average molecular weight is 226 g/mol. The zero-order valence-corrected chi connectivity index (χ0v) is 10.4. The third-order valence-electron chi connectivity index (χ3n) is 2.01. The van der Waals surface area contributed by atoms with Gasteiger partial charge in [-0.05, 0) is 13.8 Å². The molecule has 0 aromatic heterocycles. The van der Waals surface area contributed by atoms with Crippen LogP contribution in [0.3, 0.4) is 0 Å². The molecule has 0 fully saturated rings. The van der Waals surface area contributed by atoms with Crippen molar-refractivity contribution in [2.45, 2.75) is 20.8 Å². The van der Waals surface area contributed by atoms with Gasteiger partial charge >= 0.3 is 6.03 Å². The third kappa shape index (κ3) is 3.82. The predicted molar refractivity (Wildman–Crippen MR) is 62.7 cm³/mol. The Balaban J connectivity index is 4.82. The smallest absolute Gasteiger partial charge is 0.304 e. The zero-order valence-electron chi connectivity index (χ0n) is 10.4. The third-order valence-corrected chi connectivity index (χ3v) is 2.01. The first-order valence-electron chi connectivity index (χ1n) is 4.77. The number of carbonyl (C=O) groups excluding carboxylic acids is 2. The first-order chi connectivity index (χ1) is 7.31. The van der Waals surface area contributed by atoms with E-state index in [-0.39, 0.29) is 5.91 Å². The lowest BCUT2D eigenvalue weighted by Gasteiger charge is -2.20. The first kappa shape index (κ1) is 14.3. The Labute approximate surface area is 95.6 Å². The fraction of sp³-hybridized carbons (Fsp3) is 0.500. The highest BCUT2D eigenvalue weighted by Gasteiger charge is 2.13. The molecular formula is C10H18N4O2. The summed E-state index contributed by atoms with van der Waals surface area (Å²) in [6, 6.07) is -0.513. The summed E-state index contributed by atoms with van der Waals surface area (Å²) in [5.41, 5.74) is 3.17.